The fraction of sp³-hybridized carbons (Fsp3) is 0.333. The zero-order valence-electron chi connectivity index (χ0n) is 12.7. The van der Waals surface area contributed by atoms with Gasteiger partial charge in [0.2, 0.25) is 5.91 Å². The lowest BCUT2D eigenvalue weighted by atomic mass is 10.2. The Morgan fingerprint density at radius 3 is 2.48 bits per heavy atom. The van der Waals surface area contributed by atoms with Crippen LogP contribution in [0.1, 0.15) is 18.2 Å². The molecule has 1 aromatic carbocycles. The van der Waals surface area contributed by atoms with E-state index < -0.39 is 17.8 Å². The maximum atomic E-state index is 12.7. The zero-order chi connectivity index (χ0) is 17.0. The van der Waals surface area contributed by atoms with Crippen molar-refractivity contribution < 1.29 is 18.0 Å². The second-order valence-electron chi connectivity index (χ2n) is 4.97. The van der Waals surface area contributed by atoms with E-state index in [-0.39, 0.29) is 17.9 Å². The molecule has 0 radical (unpaired) electrons. The van der Waals surface area contributed by atoms with Crippen LogP contribution in [-0.4, -0.2) is 29.2 Å². The van der Waals surface area contributed by atoms with Crippen molar-refractivity contribution in [2.24, 2.45) is 0 Å². The van der Waals surface area contributed by atoms with Crippen molar-refractivity contribution >= 4 is 17.4 Å². The Bertz CT molecular complexity index is 667. The number of alkyl halides is 3. The van der Waals surface area contributed by atoms with Gasteiger partial charge in [0.1, 0.15) is 5.69 Å². The first-order valence-electron chi connectivity index (χ1n) is 7.05. The number of H-pyrrole nitrogens is 1. The molecular formula is C15H17F3N4O. The summed E-state index contributed by atoms with van der Waals surface area (Å²) in [5.74, 6) is -0.537. The Morgan fingerprint density at radius 1 is 1.30 bits per heavy atom. The van der Waals surface area contributed by atoms with Gasteiger partial charge in [-0.05, 0) is 26.0 Å². The SMILES string of the molecule is CCN(CC(=O)Nc1n[nH]c(C(F)(F)F)c1C)c1ccccc1. The number of nitrogens with one attached hydrogen (secondary N) is 2. The van der Waals surface area contributed by atoms with Gasteiger partial charge >= 0.3 is 6.18 Å². The summed E-state index contributed by atoms with van der Waals surface area (Å²) < 4.78 is 38.1. The van der Waals surface area contributed by atoms with E-state index in [1.54, 1.807) is 0 Å². The highest BCUT2D eigenvalue weighted by molar-refractivity contribution is 5.93. The van der Waals surface area contributed by atoms with Gasteiger partial charge in [-0.2, -0.15) is 18.3 Å². The predicted molar refractivity (Wildman–Crippen MR) is 81.3 cm³/mol. The number of benzene rings is 1. The van der Waals surface area contributed by atoms with Gasteiger partial charge in [0, 0.05) is 17.8 Å². The average Bonchev–Trinajstić information content (AvgIpc) is 2.87. The quantitative estimate of drug-likeness (QED) is 0.887. The third-order valence-corrected chi connectivity index (χ3v) is 3.39. The number of hydrogen-bond donors (Lipinski definition) is 2. The molecule has 0 aliphatic carbocycles. The number of para-hydroxylation sites is 1. The van der Waals surface area contributed by atoms with Crippen molar-refractivity contribution in [1.82, 2.24) is 10.2 Å². The van der Waals surface area contributed by atoms with Gasteiger partial charge < -0.3 is 10.2 Å². The van der Waals surface area contributed by atoms with Gasteiger partial charge in [0.15, 0.2) is 5.82 Å². The molecule has 0 spiro atoms. The second kappa shape index (κ2) is 6.72. The van der Waals surface area contributed by atoms with E-state index in [0.717, 1.165) is 5.69 Å². The van der Waals surface area contributed by atoms with E-state index in [0.29, 0.717) is 6.54 Å². The molecule has 0 aliphatic heterocycles. The molecule has 0 saturated heterocycles. The Morgan fingerprint density at radius 2 is 1.96 bits per heavy atom. The molecule has 0 unspecified atom stereocenters. The van der Waals surface area contributed by atoms with Crippen molar-refractivity contribution in [3.05, 3.63) is 41.6 Å². The molecule has 1 heterocycles. The number of halogens is 3. The second-order valence-corrected chi connectivity index (χ2v) is 4.97. The number of amides is 1. The minimum atomic E-state index is -4.53. The topological polar surface area (TPSA) is 61.0 Å². The average molecular weight is 326 g/mol. The number of carbonyl (C=O) groups is 1. The van der Waals surface area contributed by atoms with Crippen LogP contribution < -0.4 is 10.2 Å². The van der Waals surface area contributed by atoms with Crippen LogP contribution in [-0.2, 0) is 11.0 Å². The number of aromatic amines is 1. The van der Waals surface area contributed by atoms with Crippen molar-refractivity contribution in [1.29, 1.82) is 0 Å². The number of rotatable bonds is 5. The van der Waals surface area contributed by atoms with Crippen molar-refractivity contribution in [3.8, 4) is 0 Å². The van der Waals surface area contributed by atoms with Crippen molar-refractivity contribution in [2.45, 2.75) is 20.0 Å². The summed E-state index contributed by atoms with van der Waals surface area (Å²) in [6.07, 6.45) is -4.53. The lowest BCUT2D eigenvalue weighted by Gasteiger charge is -2.22. The van der Waals surface area contributed by atoms with Crippen LogP contribution in [0.4, 0.5) is 24.7 Å². The number of carbonyl (C=O) groups excluding carboxylic acids is 1. The molecule has 23 heavy (non-hydrogen) atoms. The fourth-order valence-electron chi connectivity index (χ4n) is 2.17. The first kappa shape index (κ1) is 16.9. The van der Waals surface area contributed by atoms with Crippen LogP contribution in [0.2, 0.25) is 0 Å². The summed E-state index contributed by atoms with van der Waals surface area (Å²) in [7, 11) is 0. The van der Waals surface area contributed by atoms with Gasteiger partial charge in [0.05, 0.1) is 6.54 Å². The molecule has 2 aromatic rings. The van der Waals surface area contributed by atoms with Gasteiger partial charge in [-0.25, -0.2) is 0 Å². The van der Waals surface area contributed by atoms with E-state index >= 15 is 0 Å². The Balaban J connectivity index is 2.06. The number of likely N-dealkylation sites (N-methyl/N-ethyl adjacent to an activating group) is 1. The molecule has 0 fully saturated rings. The molecule has 2 rings (SSSR count). The Labute approximate surface area is 131 Å². The molecule has 1 amide bonds. The molecule has 5 nitrogen and oxygen atoms in total. The van der Waals surface area contributed by atoms with E-state index in [9.17, 15) is 18.0 Å². The van der Waals surface area contributed by atoms with Crippen LogP contribution in [0, 0.1) is 6.92 Å². The van der Waals surface area contributed by atoms with Crippen LogP contribution in [0.15, 0.2) is 30.3 Å². The van der Waals surface area contributed by atoms with Crippen LogP contribution in [0.5, 0.6) is 0 Å². The monoisotopic (exact) mass is 326 g/mol. The van der Waals surface area contributed by atoms with Crippen LogP contribution in [0.25, 0.3) is 0 Å². The first-order chi connectivity index (χ1) is 10.8. The van der Waals surface area contributed by atoms with Gasteiger partial charge in [-0.15, -0.1) is 0 Å². The summed E-state index contributed by atoms with van der Waals surface area (Å²) in [5.41, 5.74) is -0.225. The van der Waals surface area contributed by atoms with Crippen LogP contribution >= 0.6 is 0 Å². The van der Waals surface area contributed by atoms with Crippen LogP contribution in [0.3, 0.4) is 0 Å². The first-order valence-corrected chi connectivity index (χ1v) is 7.05. The molecule has 1 aromatic heterocycles. The summed E-state index contributed by atoms with van der Waals surface area (Å²) in [4.78, 5) is 13.9. The summed E-state index contributed by atoms with van der Waals surface area (Å²) in [5, 5.41) is 7.86. The number of aromatic nitrogens is 2. The van der Waals surface area contributed by atoms with E-state index in [2.05, 4.69) is 10.4 Å². The normalized spacial score (nSPS) is 11.3. The minimum absolute atomic E-state index is 0.0220. The standard InChI is InChI=1S/C15H17F3N4O/c1-3-22(11-7-5-4-6-8-11)9-12(23)19-14-10(2)13(20-21-14)15(16,17)18/h4-8H,3,9H2,1-2H3,(H2,19,20,21,23). The molecule has 0 bridgehead atoms. The van der Waals surface area contributed by atoms with Crippen molar-refractivity contribution in [3.63, 3.8) is 0 Å². The highest BCUT2D eigenvalue weighted by Crippen LogP contribution is 2.32. The largest absolute Gasteiger partial charge is 0.433 e. The number of anilines is 2. The summed E-state index contributed by atoms with van der Waals surface area (Å²) in [6, 6.07) is 9.28. The van der Waals surface area contributed by atoms with Gasteiger partial charge in [-0.3, -0.25) is 9.89 Å². The highest BCUT2D eigenvalue weighted by Gasteiger charge is 2.36. The Hall–Kier alpha value is -2.51. The predicted octanol–water partition coefficient (Wildman–Crippen LogP) is 3.20. The third kappa shape index (κ3) is 4.02. The maximum absolute atomic E-state index is 12.7. The zero-order valence-corrected chi connectivity index (χ0v) is 12.7. The summed E-state index contributed by atoms with van der Waals surface area (Å²) >= 11 is 0. The molecule has 8 heteroatoms. The summed E-state index contributed by atoms with van der Waals surface area (Å²) in [6.45, 7) is 3.76. The van der Waals surface area contributed by atoms with E-state index in [1.165, 1.54) is 6.92 Å². The minimum Gasteiger partial charge on any atom is -0.362 e. The van der Waals surface area contributed by atoms with Gasteiger partial charge in [0.25, 0.3) is 0 Å². The third-order valence-electron chi connectivity index (χ3n) is 3.39. The molecule has 0 atom stereocenters. The molecule has 124 valence electrons. The molecule has 2 N–H and O–H groups in total. The Kier molecular flexibility index (Phi) is 4.92. The van der Waals surface area contributed by atoms with Gasteiger partial charge in [-0.1, -0.05) is 18.2 Å². The molecule has 0 aliphatic rings. The smallest absolute Gasteiger partial charge is 0.362 e. The van der Waals surface area contributed by atoms with Crippen molar-refractivity contribution in [2.75, 3.05) is 23.3 Å². The lowest BCUT2D eigenvalue weighted by molar-refractivity contribution is -0.141. The number of nitrogens with zero attached hydrogens (tertiary/aromatic N) is 2. The maximum Gasteiger partial charge on any atom is 0.433 e. The molecular weight excluding hydrogens is 309 g/mol. The van der Waals surface area contributed by atoms with E-state index in [4.69, 9.17) is 0 Å². The fourth-order valence-corrected chi connectivity index (χ4v) is 2.17. The molecule has 0 saturated carbocycles. The highest BCUT2D eigenvalue weighted by atomic mass is 19.4. The lowest BCUT2D eigenvalue weighted by Crippen LogP contribution is -2.33. The van der Waals surface area contributed by atoms with E-state index in [1.807, 2.05) is 47.3 Å². The number of hydrogen-bond acceptors (Lipinski definition) is 3.